The third kappa shape index (κ3) is 4.40. The van der Waals surface area contributed by atoms with Crippen molar-refractivity contribution < 1.29 is 9.52 Å². The molecule has 0 aliphatic carbocycles. The predicted octanol–water partition coefficient (Wildman–Crippen LogP) is 3.12. The maximum atomic E-state index is 9.91. The Bertz CT molecular complexity index is 506. The summed E-state index contributed by atoms with van der Waals surface area (Å²) in [5, 5.41) is 18.1. The van der Waals surface area contributed by atoms with Gasteiger partial charge in [0.25, 0.3) is 0 Å². The summed E-state index contributed by atoms with van der Waals surface area (Å²) in [7, 11) is 0. The van der Waals surface area contributed by atoms with Crippen molar-refractivity contribution in [2.45, 2.75) is 59.4 Å². The standard InChI is InChI=1S/C17H29N3O2/c1-13(2)6-8-17(12-21)7-5-9-20(11-17)10-15-18-19-16(22-15)14(3)4/h6,14,21H,5,7-12H2,1-4H3. The average Bonchev–Trinajstić information content (AvgIpc) is 2.94. The Kier molecular flexibility index (Phi) is 5.75. The van der Waals surface area contributed by atoms with Crippen LogP contribution in [0.25, 0.3) is 0 Å². The Hall–Kier alpha value is -1.20. The molecule has 1 aliphatic rings. The van der Waals surface area contributed by atoms with Crippen molar-refractivity contribution >= 4 is 0 Å². The van der Waals surface area contributed by atoms with E-state index in [2.05, 4.69) is 35.0 Å². The number of aliphatic hydroxyl groups is 1. The molecule has 1 N–H and O–H groups in total. The molecule has 22 heavy (non-hydrogen) atoms. The highest BCUT2D eigenvalue weighted by Crippen LogP contribution is 2.34. The van der Waals surface area contributed by atoms with Gasteiger partial charge in [-0.2, -0.15) is 0 Å². The fraction of sp³-hybridized carbons (Fsp3) is 0.765. The topological polar surface area (TPSA) is 62.4 Å². The average molecular weight is 307 g/mol. The first-order valence-electron chi connectivity index (χ1n) is 8.23. The molecular weight excluding hydrogens is 278 g/mol. The molecule has 1 saturated heterocycles. The Morgan fingerprint density at radius 2 is 2.18 bits per heavy atom. The lowest BCUT2D eigenvalue weighted by atomic mass is 9.77. The largest absolute Gasteiger partial charge is 0.424 e. The fourth-order valence-corrected chi connectivity index (χ4v) is 2.98. The van der Waals surface area contributed by atoms with Crippen molar-refractivity contribution in [3.05, 3.63) is 23.4 Å². The molecule has 2 rings (SSSR count). The molecule has 2 heterocycles. The van der Waals surface area contributed by atoms with E-state index in [9.17, 15) is 5.11 Å². The first-order valence-corrected chi connectivity index (χ1v) is 8.23. The Balaban J connectivity index is 2.00. The van der Waals surface area contributed by atoms with Gasteiger partial charge in [-0.15, -0.1) is 10.2 Å². The first-order chi connectivity index (χ1) is 10.4. The van der Waals surface area contributed by atoms with Crippen molar-refractivity contribution in [3.8, 4) is 0 Å². The number of nitrogens with zero attached hydrogens (tertiary/aromatic N) is 3. The Morgan fingerprint density at radius 1 is 1.41 bits per heavy atom. The van der Waals surface area contributed by atoms with Gasteiger partial charge >= 0.3 is 0 Å². The fourth-order valence-electron chi connectivity index (χ4n) is 2.98. The number of rotatable bonds is 6. The van der Waals surface area contributed by atoms with E-state index >= 15 is 0 Å². The minimum atomic E-state index is -0.0313. The summed E-state index contributed by atoms with van der Waals surface area (Å²) in [6, 6.07) is 0. The number of hydrogen-bond donors (Lipinski definition) is 1. The second-order valence-electron chi connectivity index (χ2n) is 7.15. The predicted molar refractivity (Wildman–Crippen MR) is 86.5 cm³/mol. The summed E-state index contributed by atoms with van der Waals surface area (Å²) in [6.45, 7) is 11.1. The zero-order valence-corrected chi connectivity index (χ0v) is 14.3. The highest BCUT2D eigenvalue weighted by Gasteiger charge is 2.34. The van der Waals surface area contributed by atoms with Crippen LogP contribution in [0.4, 0.5) is 0 Å². The van der Waals surface area contributed by atoms with Gasteiger partial charge in [0.1, 0.15) is 0 Å². The molecule has 5 heteroatoms. The molecule has 1 atom stereocenters. The first kappa shape index (κ1) is 17.2. The zero-order chi connectivity index (χ0) is 16.2. The van der Waals surface area contributed by atoms with Crippen LogP contribution in [0.1, 0.15) is 64.7 Å². The maximum absolute atomic E-state index is 9.91. The maximum Gasteiger partial charge on any atom is 0.230 e. The number of hydrogen-bond acceptors (Lipinski definition) is 5. The van der Waals surface area contributed by atoms with E-state index in [1.54, 1.807) is 0 Å². The summed E-state index contributed by atoms with van der Waals surface area (Å²) in [4.78, 5) is 2.33. The summed E-state index contributed by atoms with van der Waals surface area (Å²) >= 11 is 0. The van der Waals surface area contributed by atoms with Gasteiger partial charge in [-0.3, -0.25) is 4.90 Å². The molecule has 1 fully saturated rings. The van der Waals surface area contributed by atoms with Crippen LogP contribution in [0.3, 0.4) is 0 Å². The van der Waals surface area contributed by atoms with E-state index in [0.29, 0.717) is 18.3 Å². The van der Waals surface area contributed by atoms with Gasteiger partial charge in [-0.25, -0.2) is 0 Å². The third-order valence-corrected chi connectivity index (χ3v) is 4.35. The van der Waals surface area contributed by atoms with Gasteiger partial charge in [0.2, 0.25) is 11.8 Å². The van der Waals surface area contributed by atoms with Crippen molar-refractivity contribution in [2.75, 3.05) is 19.7 Å². The van der Waals surface area contributed by atoms with Gasteiger partial charge in [0.05, 0.1) is 13.2 Å². The molecule has 5 nitrogen and oxygen atoms in total. The summed E-state index contributed by atoms with van der Waals surface area (Å²) in [6.07, 6.45) is 5.35. The Labute approximate surface area is 133 Å². The van der Waals surface area contributed by atoms with Gasteiger partial charge in [0, 0.05) is 17.9 Å². The third-order valence-electron chi connectivity index (χ3n) is 4.35. The minimum Gasteiger partial charge on any atom is -0.424 e. The van der Waals surface area contributed by atoms with Gasteiger partial charge in [-0.05, 0) is 39.7 Å². The number of piperidine rings is 1. The van der Waals surface area contributed by atoms with E-state index in [-0.39, 0.29) is 17.9 Å². The van der Waals surface area contributed by atoms with Crippen LogP contribution < -0.4 is 0 Å². The number of aliphatic hydroxyl groups excluding tert-OH is 1. The molecule has 1 aromatic rings. The lowest BCUT2D eigenvalue weighted by Crippen LogP contribution is -2.44. The molecule has 0 bridgehead atoms. The molecule has 0 aromatic carbocycles. The van der Waals surface area contributed by atoms with Crippen molar-refractivity contribution in [1.29, 1.82) is 0 Å². The molecule has 0 spiro atoms. The highest BCUT2D eigenvalue weighted by molar-refractivity contribution is 5.00. The monoisotopic (exact) mass is 307 g/mol. The van der Waals surface area contributed by atoms with Gasteiger partial charge in [0.15, 0.2) is 0 Å². The van der Waals surface area contributed by atoms with E-state index in [1.807, 2.05) is 13.8 Å². The molecule has 1 aromatic heterocycles. The number of allylic oxidation sites excluding steroid dienone is 2. The molecule has 1 aliphatic heterocycles. The van der Waals surface area contributed by atoms with Crippen LogP contribution in [0.2, 0.25) is 0 Å². The van der Waals surface area contributed by atoms with Gasteiger partial charge < -0.3 is 9.52 Å². The quantitative estimate of drug-likeness (QED) is 0.818. The molecule has 124 valence electrons. The molecule has 0 amide bonds. The summed E-state index contributed by atoms with van der Waals surface area (Å²) < 4.78 is 5.71. The van der Waals surface area contributed by atoms with Crippen molar-refractivity contribution in [3.63, 3.8) is 0 Å². The summed E-state index contributed by atoms with van der Waals surface area (Å²) in [5.41, 5.74) is 1.28. The molecule has 1 unspecified atom stereocenters. The minimum absolute atomic E-state index is 0.0313. The number of likely N-dealkylation sites (tertiary alicyclic amines) is 1. The lowest BCUT2D eigenvalue weighted by molar-refractivity contribution is 0.0271. The Morgan fingerprint density at radius 3 is 2.77 bits per heavy atom. The molecule has 0 saturated carbocycles. The summed E-state index contributed by atoms with van der Waals surface area (Å²) in [5.74, 6) is 1.64. The van der Waals surface area contributed by atoms with E-state index < -0.39 is 0 Å². The second kappa shape index (κ2) is 7.38. The van der Waals surface area contributed by atoms with E-state index in [1.165, 1.54) is 5.57 Å². The molecule has 0 radical (unpaired) electrons. The van der Waals surface area contributed by atoms with Crippen LogP contribution in [0, 0.1) is 5.41 Å². The zero-order valence-electron chi connectivity index (χ0n) is 14.3. The number of aromatic nitrogens is 2. The normalized spacial score (nSPS) is 23.0. The van der Waals surface area contributed by atoms with E-state index in [0.717, 1.165) is 32.4 Å². The second-order valence-corrected chi connectivity index (χ2v) is 7.15. The van der Waals surface area contributed by atoms with Crippen LogP contribution in [-0.4, -0.2) is 39.9 Å². The van der Waals surface area contributed by atoms with Crippen molar-refractivity contribution in [2.24, 2.45) is 5.41 Å². The van der Waals surface area contributed by atoms with Crippen LogP contribution in [0.5, 0.6) is 0 Å². The van der Waals surface area contributed by atoms with E-state index in [4.69, 9.17) is 4.42 Å². The van der Waals surface area contributed by atoms with Crippen LogP contribution in [0.15, 0.2) is 16.1 Å². The van der Waals surface area contributed by atoms with Crippen LogP contribution >= 0.6 is 0 Å². The molecular formula is C17H29N3O2. The van der Waals surface area contributed by atoms with Crippen molar-refractivity contribution in [1.82, 2.24) is 15.1 Å². The SMILES string of the molecule is CC(C)=CCC1(CO)CCCN(Cc2nnc(C(C)C)o2)C1. The smallest absolute Gasteiger partial charge is 0.230 e. The van der Waals surface area contributed by atoms with Crippen LogP contribution in [-0.2, 0) is 6.54 Å². The lowest BCUT2D eigenvalue weighted by Gasteiger charge is -2.41. The van der Waals surface area contributed by atoms with Gasteiger partial charge in [-0.1, -0.05) is 25.5 Å². The highest BCUT2D eigenvalue weighted by atomic mass is 16.4.